The molecule has 0 aliphatic rings. The number of nitrogens with one attached hydrogen (secondary N) is 3. The van der Waals surface area contributed by atoms with Crippen LogP contribution in [0.4, 0.5) is 11.6 Å². The maximum atomic E-state index is 4.87. The van der Waals surface area contributed by atoms with E-state index in [1.807, 2.05) is 13.1 Å². The van der Waals surface area contributed by atoms with Crippen molar-refractivity contribution in [2.45, 2.75) is 0 Å². The largest absolute Gasteiger partial charge is 0.375 e. The first-order chi connectivity index (χ1) is 5.26. The Morgan fingerprint density at radius 2 is 2.18 bits per heavy atom. The van der Waals surface area contributed by atoms with E-state index < -0.39 is 0 Å². The Hall–Kier alpha value is -1.10. The summed E-state index contributed by atoms with van der Waals surface area (Å²) in [5.41, 5.74) is 0. The van der Waals surface area contributed by atoms with Crippen LogP contribution in [0.3, 0.4) is 0 Å². The van der Waals surface area contributed by atoms with Gasteiger partial charge in [0.2, 0.25) is 0 Å². The van der Waals surface area contributed by atoms with Crippen molar-refractivity contribution in [1.29, 1.82) is 0 Å². The number of nitrogens with zero attached hydrogens (tertiary/aromatic N) is 1. The Bertz CT molecular complexity index is 268. The molecule has 0 radical (unpaired) electrons. The number of anilines is 2. The molecule has 5 heteroatoms. The fraction of sp³-hybridized carbons (Fsp3) is 0.333. The van der Waals surface area contributed by atoms with Crippen LogP contribution in [0.5, 0.6) is 0 Å². The molecule has 0 spiro atoms. The Morgan fingerprint density at radius 1 is 1.45 bits per heavy atom. The third-order valence-corrected chi connectivity index (χ3v) is 1.46. The third kappa shape index (κ3) is 1.91. The van der Waals surface area contributed by atoms with Crippen LogP contribution in [-0.2, 0) is 0 Å². The Morgan fingerprint density at radius 3 is 2.73 bits per heavy atom. The van der Waals surface area contributed by atoms with Gasteiger partial charge in [0, 0.05) is 20.2 Å². The molecule has 1 heterocycles. The van der Waals surface area contributed by atoms with Crippen molar-refractivity contribution < 1.29 is 0 Å². The summed E-state index contributed by atoms with van der Waals surface area (Å²) in [5, 5.41) is 5.85. The highest BCUT2D eigenvalue weighted by molar-refractivity contribution is 7.71. The van der Waals surface area contributed by atoms with Gasteiger partial charge in [0.25, 0.3) is 0 Å². The van der Waals surface area contributed by atoms with E-state index >= 15 is 0 Å². The molecule has 0 unspecified atom stereocenters. The summed E-state index contributed by atoms with van der Waals surface area (Å²) >= 11 is 4.87. The van der Waals surface area contributed by atoms with Gasteiger partial charge < -0.3 is 15.6 Å². The smallest absolute Gasteiger partial charge is 0.200 e. The lowest BCUT2D eigenvalue weighted by Gasteiger charge is -2.02. The van der Waals surface area contributed by atoms with E-state index in [1.165, 1.54) is 0 Å². The molecule has 0 aliphatic carbocycles. The minimum Gasteiger partial charge on any atom is -0.375 e. The van der Waals surface area contributed by atoms with Gasteiger partial charge in [0.05, 0.1) is 0 Å². The molecular formula is C6H10N4S. The molecule has 0 bridgehead atoms. The molecule has 3 N–H and O–H groups in total. The molecule has 0 fully saturated rings. The van der Waals surface area contributed by atoms with E-state index in [1.54, 1.807) is 7.05 Å². The van der Waals surface area contributed by atoms with Crippen LogP contribution < -0.4 is 10.6 Å². The zero-order valence-corrected chi connectivity index (χ0v) is 7.25. The molecule has 11 heavy (non-hydrogen) atoms. The molecule has 0 saturated carbocycles. The molecule has 60 valence electrons. The van der Waals surface area contributed by atoms with E-state index in [0.29, 0.717) is 4.77 Å². The molecular weight excluding hydrogens is 160 g/mol. The van der Waals surface area contributed by atoms with Crippen molar-refractivity contribution in [2.75, 3.05) is 24.7 Å². The Labute approximate surface area is 70.1 Å². The fourth-order valence-electron chi connectivity index (χ4n) is 0.720. The summed E-state index contributed by atoms with van der Waals surface area (Å²) in [5.74, 6) is 1.62. The summed E-state index contributed by atoms with van der Waals surface area (Å²) < 4.78 is 0.473. The highest BCUT2D eigenvalue weighted by atomic mass is 32.1. The van der Waals surface area contributed by atoms with Gasteiger partial charge >= 0.3 is 0 Å². The number of aromatic nitrogens is 2. The van der Waals surface area contributed by atoms with Crippen molar-refractivity contribution in [3.63, 3.8) is 0 Å². The lowest BCUT2D eigenvalue weighted by molar-refractivity contribution is 1.12. The van der Waals surface area contributed by atoms with Gasteiger partial charge in [-0.25, -0.2) is 4.98 Å². The highest BCUT2D eigenvalue weighted by Crippen LogP contribution is 2.06. The topological polar surface area (TPSA) is 52.7 Å². The highest BCUT2D eigenvalue weighted by Gasteiger charge is 1.92. The van der Waals surface area contributed by atoms with E-state index in [0.717, 1.165) is 11.6 Å². The SMILES string of the molecule is CNc1cc(NC)[nH]c(=S)n1. The first kappa shape index (κ1) is 8.00. The van der Waals surface area contributed by atoms with Gasteiger partial charge in [-0.15, -0.1) is 0 Å². The van der Waals surface area contributed by atoms with E-state index in [4.69, 9.17) is 12.2 Å². The van der Waals surface area contributed by atoms with Crippen LogP contribution >= 0.6 is 12.2 Å². The summed E-state index contributed by atoms with van der Waals surface area (Å²) in [6.07, 6.45) is 0. The van der Waals surface area contributed by atoms with Crippen molar-refractivity contribution in [3.05, 3.63) is 10.8 Å². The average molecular weight is 170 g/mol. The van der Waals surface area contributed by atoms with Crippen LogP contribution in [-0.4, -0.2) is 24.1 Å². The van der Waals surface area contributed by atoms with Crippen molar-refractivity contribution >= 4 is 23.9 Å². The summed E-state index contributed by atoms with van der Waals surface area (Å²) in [7, 11) is 3.62. The molecule has 0 aromatic carbocycles. The molecule has 4 nitrogen and oxygen atoms in total. The lowest BCUT2D eigenvalue weighted by Crippen LogP contribution is -1.98. The fourth-order valence-corrected chi connectivity index (χ4v) is 0.929. The second kappa shape index (κ2) is 3.34. The minimum absolute atomic E-state index is 0.473. The van der Waals surface area contributed by atoms with Crippen LogP contribution in [0.25, 0.3) is 0 Å². The predicted molar refractivity (Wildman–Crippen MR) is 48.5 cm³/mol. The molecule has 0 amide bonds. The van der Waals surface area contributed by atoms with Gasteiger partial charge in [-0.2, -0.15) is 0 Å². The quantitative estimate of drug-likeness (QED) is 0.584. The number of aromatic amines is 1. The first-order valence-electron chi connectivity index (χ1n) is 3.23. The molecule has 1 rings (SSSR count). The second-order valence-corrected chi connectivity index (χ2v) is 2.37. The van der Waals surface area contributed by atoms with Crippen molar-refractivity contribution in [3.8, 4) is 0 Å². The molecule has 0 atom stereocenters. The molecule has 1 aromatic rings. The van der Waals surface area contributed by atoms with Crippen molar-refractivity contribution in [2.24, 2.45) is 0 Å². The number of H-pyrrole nitrogens is 1. The van der Waals surface area contributed by atoms with Gasteiger partial charge in [0.1, 0.15) is 11.6 Å². The maximum Gasteiger partial charge on any atom is 0.200 e. The third-order valence-electron chi connectivity index (χ3n) is 1.27. The Kier molecular flexibility index (Phi) is 2.43. The van der Waals surface area contributed by atoms with E-state index in [-0.39, 0.29) is 0 Å². The summed E-state index contributed by atoms with van der Waals surface area (Å²) in [6, 6.07) is 1.84. The second-order valence-electron chi connectivity index (χ2n) is 1.99. The normalized spacial score (nSPS) is 9.27. The van der Waals surface area contributed by atoms with Crippen molar-refractivity contribution in [1.82, 2.24) is 9.97 Å². The number of hydrogen-bond donors (Lipinski definition) is 3. The van der Waals surface area contributed by atoms with Gasteiger partial charge in [-0.05, 0) is 12.2 Å². The van der Waals surface area contributed by atoms with Gasteiger partial charge in [-0.1, -0.05) is 0 Å². The minimum atomic E-state index is 0.473. The lowest BCUT2D eigenvalue weighted by atomic mass is 10.5. The summed E-state index contributed by atoms with van der Waals surface area (Å²) in [6.45, 7) is 0. The Balaban J connectivity index is 3.12. The monoisotopic (exact) mass is 170 g/mol. The van der Waals surface area contributed by atoms with Gasteiger partial charge in [-0.3, -0.25) is 0 Å². The summed E-state index contributed by atoms with van der Waals surface area (Å²) in [4.78, 5) is 6.89. The standard InChI is InChI=1S/C6H10N4S/c1-7-4-3-5(8-2)10-6(11)9-4/h3H,1-2H3,(H3,7,8,9,10,11). The maximum absolute atomic E-state index is 4.87. The predicted octanol–water partition coefficient (Wildman–Crippen LogP) is 1.22. The van der Waals surface area contributed by atoms with Gasteiger partial charge in [0.15, 0.2) is 4.77 Å². The van der Waals surface area contributed by atoms with Crippen LogP contribution in [0.2, 0.25) is 0 Å². The molecule has 1 aromatic heterocycles. The first-order valence-corrected chi connectivity index (χ1v) is 3.64. The average Bonchev–Trinajstić information content (AvgIpc) is 2.03. The van der Waals surface area contributed by atoms with Crippen LogP contribution in [0.15, 0.2) is 6.07 Å². The molecule has 0 saturated heterocycles. The zero-order valence-electron chi connectivity index (χ0n) is 6.43. The van der Waals surface area contributed by atoms with Crippen LogP contribution in [0, 0.1) is 4.77 Å². The zero-order chi connectivity index (χ0) is 8.27. The van der Waals surface area contributed by atoms with Crippen LogP contribution in [0.1, 0.15) is 0 Å². The number of rotatable bonds is 2. The molecule has 0 aliphatic heterocycles. The number of hydrogen-bond acceptors (Lipinski definition) is 4. The van der Waals surface area contributed by atoms with E-state index in [9.17, 15) is 0 Å². The van der Waals surface area contributed by atoms with E-state index in [2.05, 4.69) is 20.6 Å².